The van der Waals surface area contributed by atoms with Crippen LogP contribution in [0.15, 0.2) is 52.8 Å². The van der Waals surface area contributed by atoms with Crippen molar-refractivity contribution in [3.63, 3.8) is 0 Å². The summed E-state index contributed by atoms with van der Waals surface area (Å²) in [6.45, 7) is 1.73. The number of aliphatic hydroxyl groups is 1. The minimum atomic E-state index is -1.00. The maximum Gasteiger partial charge on any atom is 0.192 e. The summed E-state index contributed by atoms with van der Waals surface area (Å²) in [5, 5.41) is 14.8. The molecule has 0 aliphatic carbocycles. The summed E-state index contributed by atoms with van der Waals surface area (Å²) in [5.74, 6) is 0. The predicted molar refractivity (Wildman–Crippen MR) is 105 cm³/mol. The Bertz CT molecular complexity index is 692. The minimum Gasteiger partial charge on any atom is -0.365 e. The van der Waals surface area contributed by atoms with Crippen molar-refractivity contribution in [1.82, 2.24) is 4.90 Å². The second-order valence-corrected chi connectivity index (χ2v) is 8.01. The van der Waals surface area contributed by atoms with Crippen molar-refractivity contribution >= 4 is 40.7 Å². The lowest BCUT2D eigenvalue weighted by Gasteiger charge is -2.37. The fraction of sp³-hybridized carbons (Fsp3) is 0.389. The molecular formula is C18H21ClN2OS2. The Morgan fingerprint density at radius 2 is 1.92 bits per heavy atom. The van der Waals surface area contributed by atoms with Gasteiger partial charge in [-0.15, -0.1) is 23.7 Å². The van der Waals surface area contributed by atoms with Gasteiger partial charge in [0, 0.05) is 13.1 Å². The first-order valence-electron chi connectivity index (χ1n) is 8.10. The molecule has 2 unspecified atom stereocenters. The van der Waals surface area contributed by atoms with Gasteiger partial charge in [-0.1, -0.05) is 48.2 Å². The Labute approximate surface area is 157 Å². The van der Waals surface area contributed by atoms with Gasteiger partial charge >= 0.3 is 0 Å². The average molecular weight is 381 g/mol. The highest BCUT2D eigenvalue weighted by Gasteiger charge is 2.53. The summed E-state index contributed by atoms with van der Waals surface area (Å²) in [6.07, 6.45) is 3.43. The van der Waals surface area contributed by atoms with E-state index in [0.717, 1.165) is 41.5 Å². The zero-order chi connectivity index (χ0) is 15.7. The van der Waals surface area contributed by atoms with E-state index in [1.54, 1.807) is 23.1 Å². The number of nitrogens with zero attached hydrogens (tertiary/aromatic N) is 2. The Morgan fingerprint density at radius 1 is 1.08 bits per heavy atom. The standard InChI is InChI=1S/C18H20N2OS2.ClH/c21-18(15-10-7-13-22-15)16(14-8-3-1-4-9-14)23-17-19-11-5-2-6-12-20(17)18;/h1,3-4,7-10,13,16,21H,2,5-6,11-12H2;1H. The predicted octanol–water partition coefficient (Wildman–Crippen LogP) is 4.65. The molecule has 1 fully saturated rings. The molecule has 2 aliphatic heterocycles. The number of halogens is 1. The highest BCUT2D eigenvalue weighted by Crippen LogP contribution is 2.55. The zero-order valence-corrected chi connectivity index (χ0v) is 15.7. The number of thiophene rings is 1. The number of thioether (sulfide) groups is 1. The van der Waals surface area contributed by atoms with Gasteiger partial charge in [-0.3, -0.25) is 4.99 Å². The van der Waals surface area contributed by atoms with Gasteiger partial charge in [0.05, 0.1) is 10.1 Å². The van der Waals surface area contributed by atoms with Crippen LogP contribution in [-0.2, 0) is 5.72 Å². The summed E-state index contributed by atoms with van der Waals surface area (Å²) in [4.78, 5) is 7.92. The molecule has 3 heterocycles. The maximum absolute atomic E-state index is 11.8. The second kappa shape index (κ2) is 7.48. The molecule has 1 N–H and O–H groups in total. The largest absolute Gasteiger partial charge is 0.365 e. The van der Waals surface area contributed by atoms with Gasteiger partial charge in [0.15, 0.2) is 10.9 Å². The van der Waals surface area contributed by atoms with Crippen molar-refractivity contribution in [2.45, 2.75) is 30.2 Å². The number of hydrogen-bond donors (Lipinski definition) is 1. The van der Waals surface area contributed by atoms with Gasteiger partial charge in [0.2, 0.25) is 0 Å². The second-order valence-electron chi connectivity index (χ2n) is 5.99. The minimum absolute atomic E-state index is 0. The molecule has 1 saturated heterocycles. The third kappa shape index (κ3) is 2.99. The van der Waals surface area contributed by atoms with Gasteiger partial charge in [0.25, 0.3) is 0 Å². The first kappa shape index (κ1) is 17.8. The van der Waals surface area contributed by atoms with Crippen LogP contribution in [0.2, 0.25) is 0 Å². The number of fused-ring (bicyclic) bond motifs is 1. The van der Waals surface area contributed by atoms with Crippen LogP contribution in [0.3, 0.4) is 0 Å². The summed E-state index contributed by atoms with van der Waals surface area (Å²) >= 11 is 3.33. The molecule has 6 heteroatoms. The van der Waals surface area contributed by atoms with Gasteiger partial charge in [0.1, 0.15) is 0 Å². The summed E-state index contributed by atoms with van der Waals surface area (Å²) in [7, 11) is 0. The third-order valence-corrected chi connectivity index (χ3v) is 6.88. The van der Waals surface area contributed by atoms with Crippen LogP contribution >= 0.6 is 35.5 Å². The van der Waals surface area contributed by atoms with Crippen molar-refractivity contribution < 1.29 is 5.11 Å². The van der Waals surface area contributed by atoms with Crippen LogP contribution in [0, 0.1) is 0 Å². The zero-order valence-electron chi connectivity index (χ0n) is 13.3. The lowest BCUT2D eigenvalue weighted by atomic mass is 9.98. The molecule has 2 atom stereocenters. The Hall–Kier alpha value is -1.01. The molecule has 128 valence electrons. The van der Waals surface area contributed by atoms with E-state index < -0.39 is 5.72 Å². The van der Waals surface area contributed by atoms with Crippen molar-refractivity contribution in [3.05, 3.63) is 58.3 Å². The van der Waals surface area contributed by atoms with Crippen LogP contribution in [0.5, 0.6) is 0 Å². The van der Waals surface area contributed by atoms with Crippen LogP contribution in [0.1, 0.15) is 35.0 Å². The number of aliphatic imine (C=N–C) groups is 1. The summed E-state index contributed by atoms with van der Waals surface area (Å²) < 4.78 is 0. The molecule has 0 saturated carbocycles. The van der Waals surface area contributed by atoms with Crippen LogP contribution in [0.4, 0.5) is 0 Å². The Morgan fingerprint density at radius 3 is 2.67 bits per heavy atom. The highest BCUT2D eigenvalue weighted by molar-refractivity contribution is 8.14. The van der Waals surface area contributed by atoms with Crippen molar-refractivity contribution in [2.75, 3.05) is 13.1 Å². The van der Waals surface area contributed by atoms with E-state index in [2.05, 4.69) is 17.0 Å². The smallest absolute Gasteiger partial charge is 0.192 e. The first-order valence-corrected chi connectivity index (χ1v) is 9.86. The van der Waals surface area contributed by atoms with E-state index in [1.807, 2.05) is 35.7 Å². The normalized spacial score (nSPS) is 26.8. The molecule has 0 amide bonds. The molecule has 24 heavy (non-hydrogen) atoms. The highest BCUT2D eigenvalue weighted by atomic mass is 35.5. The number of benzene rings is 1. The molecule has 1 aromatic heterocycles. The van der Waals surface area contributed by atoms with Crippen LogP contribution in [-0.4, -0.2) is 28.3 Å². The van der Waals surface area contributed by atoms with Gasteiger partial charge < -0.3 is 10.0 Å². The van der Waals surface area contributed by atoms with Crippen molar-refractivity contribution in [3.8, 4) is 0 Å². The molecule has 0 spiro atoms. The SMILES string of the molecule is Cl.OC1(c2cccs2)C(c2ccccc2)SC2=NCCCCCN21. The summed E-state index contributed by atoms with van der Waals surface area (Å²) in [6, 6.07) is 14.4. The van der Waals surface area contributed by atoms with E-state index in [4.69, 9.17) is 4.99 Å². The first-order chi connectivity index (χ1) is 11.3. The van der Waals surface area contributed by atoms with E-state index in [0.29, 0.717) is 0 Å². The molecule has 4 rings (SSSR count). The van der Waals surface area contributed by atoms with Gasteiger partial charge in [-0.2, -0.15) is 0 Å². The molecule has 2 aromatic rings. The van der Waals surface area contributed by atoms with E-state index in [1.165, 1.54) is 6.42 Å². The van der Waals surface area contributed by atoms with Crippen LogP contribution in [0.25, 0.3) is 0 Å². The lowest BCUT2D eigenvalue weighted by Crippen LogP contribution is -2.46. The number of rotatable bonds is 2. The average Bonchev–Trinajstić information content (AvgIpc) is 3.17. The molecular weight excluding hydrogens is 360 g/mol. The molecule has 0 bridgehead atoms. The van der Waals surface area contributed by atoms with E-state index in [9.17, 15) is 5.11 Å². The molecule has 1 aromatic carbocycles. The fourth-order valence-corrected chi connectivity index (χ4v) is 5.72. The van der Waals surface area contributed by atoms with Gasteiger partial charge in [-0.05, 0) is 36.3 Å². The summed E-state index contributed by atoms with van der Waals surface area (Å²) in [5.41, 5.74) is 0.152. The third-order valence-electron chi connectivity index (χ3n) is 4.50. The number of hydrogen-bond acceptors (Lipinski definition) is 5. The number of amidine groups is 1. The Kier molecular flexibility index (Phi) is 5.55. The molecule has 2 aliphatic rings. The van der Waals surface area contributed by atoms with E-state index >= 15 is 0 Å². The van der Waals surface area contributed by atoms with Crippen LogP contribution < -0.4 is 0 Å². The van der Waals surface area contributed by atoms with Crippen molar-refractivity contribution in [1.29, 1.82) is 0 Å². The maximum atomic E-state index is 11.8. The van der Waals surface area contributed by atoms with Gasteiger partial charge in [-0.25, -0.2) is 0 Å². The molecule has 0 radical (unpaired) electrons. The quantitative estimate of drug-likeness (QED) is 0.824. The van der Waals surface area contributed by atoms with E-state index in [-0.39, 0.29) is 17.7 Å². The fourth-order valence-electron chi connectivity index (χ4n) is 3.34. The topological polar surface area (TPSA) is 35.8 Å². The molecule has 3 nitrogen and oxygen atoms in total. The lowest BCUT2D eigenvalue weighted by molar-refractivity contribution is -0.0692. The monoisotopic (exact) mass is 380 g/mol. The Balaban J connectivity index is 0.00000169. The van der Waals surface area contributed by atoms with Crippen molar-refractivity contribution in [2.24, 2.45) is 4.99 Å².